The first-order valence-corrected chi connectivity index (χ1v) is 11.5. The van der Waals surface area contributed by atoms with Crippen LogP contribution in [-0.2, 0) is 9.59 Å². The van der Waals surface area contributed by atoms with Crippen molar-refractivity contribution in [1.29, 1.82) is 0 Å². The molecular weight excluding hydrogens is 481 g/mol. The molecule has 3 heterocycles. The number of hydrogen-bond acceptors (Lipinski definition) is 6. The SMILES string of the molecule is Cc1cc2sc(N3C(=O)C(=O)/C(=C(/O)c4ccc(Cl)cc4)C3c3cccnc3)nc2cc1Cl. The number of benzene rings is 2. The van der Waals surface area contributed by atoms with Gasteiger partial charge in [-0.15, -0.1) is 0 Å². The highest BCUT2D eigenvalue weighted by molar-refractivity contribution is 7.22. The predicted molar refractivity (Wildman–Crippen MR) is 130 cm³/mol. The predicted octanol–water partition coefficient (Wildman–Crippen LogP) is 5.93. The lowest BCUT2D eigenvalue weighted by Gasteiger charge is -2.22. The number of aliphatic hydroxyl groups is 1. The van der Waals surface area contributed by atoms with E-state index >= 15 is 0 Å². The number of ketones is 1. The van der Waals surface area contributed by atoms with Gasteiger partial charge in [-0.3, -0.25) is 19.5 Å². The van der Waals surface area contributed by atoms with Crippen LogP contribution in [0.5, 0.6) is 0 Å². The molecule has 9 heteroatoms. The molecule has 0 spiro atoms. The number of Topliss-reactive ketones (excluding diaryl/α,β-unsaturated/α-hetero) is 1. The highest BCUT2D eigenvalue weighted by Crippen LogP contribution is 2.44. The van der Waals surface area contributed by atoms with Gasteiger partial charge in [0, 0.05) is 28.0 Å². The smallest absolute Gasteiger partial charge is 0.301 e. The van der Waals surface area contributed by atoms with Crippen molar-refractivity contribution in [3.8, 4) is 0 Å². The number of hydrogen-bond donors (Lipinski definition) is 1. The number of nitrogens with zero attached hydrogens (tertiary/aromatic N) is 3. The molecule has 33 heavy (non-hydrogen) atoms. The second-order valence-corrected chi connectivity index (χ2v) is 9.38. The standard InChI is InChI=1S/C24H15Cl2N3O3S/c1-12-9-18-17(10-16(12)26)28-24(33-18)29-20(14-3-2-8-27-11-14)19(22(31)23(29)32)21(30)13-4-6-15(25)7-5-13/h2-11,20,30H,1H3/b21-19+. The lowest BCUT2D eigenvalue weighted by molar-refractivity contribution is -0.132. The number of carbonyl (C=O) groups excluding carboxylic acids is 2. The highest BCUT2D eigenvalue weighted by Gasteiger charge is 2.48. The summed E-state index contributed by atoms with van der Waals surface area (Å²) in [6.07, 6.45) is 3.16. The van der Waals surface area contributed by atoms with Gasteiger partial charge in [-0.1, -0.05) is 40.6 Å². The third-order valence-corrected chi connectivity index (χ3v) is 7.10. The summed E-state index contributed by atoms with van der Waals surface area (Å²) in [6, 6.07) is 12.6. The van der Waals surface area contributed by atoms with Crippen LogP contribution < -0.4 is 4.90 Å². The Morgan fingerprint density at radius 1 is 1.12 bits per heavy atom. The summed E-state index contributed by atoms with van der Waals surface area (Å²) in [5.74, 6) is -1.87. The van der Waals surface area contributed by atoms with Gasteiger partial charge >= 0.3 is 5.91 Å². The van der Waals surface area contributed by atoms with Crippen LogP contribution in [0.25, 0.3) is 16.0 Å². The maximum Gasteiger partial charge on any atom is 0.301 e. The van der Waals surface area contributed by atoms with Crippen molar-refractivity contribution in [2.24, 2.45) is 0 Å². The zero-order chi connectivity index (χ0) is 23.3. The van der Waals surface area contributed by atoms with Crippen molar-refractivity contribution in [1.82, 2.24) is 9.97 Å². The Balaban J connectivity index is 1.72. The molecule has 1 unspecified atom stereocenters. The number of anilines is 1. The molecule has 2 aromatic heterocycles. The van der Waals surface area contributed by atoms with E-state index in [1.165, 1.54) is 16.2 Å². The van der Waals surface area contributed by atoms with Gasteiger partial charge in [0.2, 0.25) is 0 Å². The molecule has 4 aromatic rings. The molecule has 6 nitrogen and oxygen atoms in total. The molecular formula is C24H15Cl2N3O3S. The maximum atomic E-state index is 13.2. The topological polar surface area (TPSA) is 83.4 Å². The largest absolute Gasteiger partial charge is 0.507 e. The van der Waals surface area contributed by atoms with Gasteiger partial charge in [0.1, 0.15) is 5.76 Å². The third kappa shape index (κ3) is 3.68. The molecule has 0 bridgehead atoms. The minimum atomic E-state index is -0.897. The van der Waals surface area contributed by atoms with Gasteiger partial charge in [0.05, 0.1) is 21.8 Å². The second kappa shape index (κ2) is 8.26. The third-order valence-electron chi connectivity index (χ3n) is 5.43. The molecule has 1 N–H and O–H groups in total. The Hall–Kier alpha value is -3.26. The zero-order valence-electron chi connectivity index (χ0n) is 17.1. The summed E-state index contributed by atoms with van der Waals surface area (Å²) in [5, 5.41) is 12.5. The molecule has 1 saturated heterocycles. The minimum Gasteiger partial charge on any atom is -0.507 e. The minimum absolute atomic E-state index is 0.0382. The summed E-state index contributed by atoms with van der Waals surface area (Å²) in [7, 11) is 0. The number of aromatic nitrogens is 2. The van der Waals surface area contributed by atoms with Crippen LogP contribution >= 0.6 is 34.5 Å². The first-order valence-electron chi connectivity index (χ1n) is 9.88. The normalized spacial score (nSPS) is 17.8. The van der Waals surface area contributed by atoms with E-state index in [2.05, 4.69) is 9.97 Å². The van der Waals surface area contributed by atoms with E-state index in [0.29, 0.717) is 31.8 Å². The average molecular weight is 496 g/mol. The van der Waals surface area contributed by atoms with E-state index in [4.69, 9.17) is 23.2 Å². The molecule has 164 valence electrons. The Labute approximate surface area is 202 Å². The van der Waals surface area contributed by atoms with E-state index in [9.17, 15) is 14.7 Å². The Morgan fingerprint density at radius 2 is 1.88 bits per heavy atom. The molecule has 1 aliphatic heterocycles. The monoisotopic (exact) mass is 495 g/mol. The van der Waals surface area contributed by atoms with Crippen LogP contribution in [0.1, 0.15) is 22.7 Å². The lowest BCUT2D eigenvalue weighted by Crippen LogP contribution is -2.29. The summed E-state index contributed by atoms with van der Waals surface area (Å²) in [5.41, 5.74) is 2.41. The quantitative estimate of drug-likeness (QED) is 0.216. The summed E-state index contributed by atoms with van der Waals surface area (Å²) in [4.78, 5) is 36.4. The zero-order valence-corrected chi connectivity index (χ0v) is 19.4. The van der Waals surface area contributed by atoms with Crippen molar-refractivity contribution in [2.75, 3.05) is 4.90 Å². The number of aliphatic hydroxyl groups excluding tert-OH is 1. The number of fused-ring (bicyclic) bond motifs is 1. The number of pyridine rings is 1. The number of amides is 1. The molecule has 0 saturated carbocycles. The van der Waals surface area contributed by atoms with Crippen LogP contribution in [0.15, 0.2) is 66.5 Å². The number of thiazole rings is 1. The highest BCUT2D eigenvalue weighted by atomic mass is 35.5. The van der Waals surface area contributed by atoms with Gasteiger partial charge in [-0.25, -0.2) is 4.98 Å². The van der Waals surface area contributed by atoms with Gasteiger partial charge in [-0.05, 0) is 60.5 Å². The Kier molecular flexibility index (Phi) is 5.40. The van der Waals surface area contributed by atoms with Crippen LogP contribution in [0.3, 0.4) is 0 Å². The van der Waals surface area contributed by atoms with Crippen LogP contribution in [0, 0.1) is 6.92 Å². The van der Waals surface area contributed by atoms with Crippen LogP contribution in [0.4, 0.5) is 5.13 Å². The number of rotatable bonds is 3. The van der Waals surface area contributed by atoms with E-state index in [1.807, 2.05) is 13.0 Å². The van der Waals surface area contributed by atoms with E-state index in [-0.39, 0.29) is 11.3 Å². The molecule has 2 aromatic carbocycles. The van der Waals surface area contributed by atoms with E-state index in [1.54, 1.807) is 54.9 Å². The fraction of sp³-hybridized carbons (Fsp3) is 0.0833. The Bertz CT molecular complexity index is 1410. The van der Waals surface area contributed by atoms with Crippen molar-refractivity contribution in [2.45, 2.75) is 13.0 Å². The van der Waals surface area contributed by atoms with Crippen LogP contribution in [-0.4, -0.2) is 26.8 Å². The number of aryl methyl sites for hydroxylation is 1. The van der Waals surface area contributed by atoms with Gasteiger partial charge in [0.15, 0.2) is 5.13 Å². The number of carbonyl (C=O) groups is 2. The van der Waals surface area contributed by atoms with E-state index < -0.39 is 17.7 Å². The molecule has 1 aliphatic rings. The summed E-state index contributed by atoms with van der Waals surface area (Å²) in [6.45, 7) is 1.88. The fourth-order valence-corrected chi connectivity index (χ4v) is 5.14. The Morgan fingerprint density at radius 3 is 2.58 bits per heavy atom. The van der Waals surface area contributed by atoms with Gasteiger partial charge in [-0.2, -0.15) is 0 Å². The summed E-state index contributed by atoms with van der Waals surface area (Å²) >= 11 is 13.5. The van der Waals surface area contributed by atoms with Crippen molar-refractivity contribution in [3.05, 3.63) is 93.2 Å². The van der Waals surface area contributed by atoms with Gasteiger partial charge in [0.25, 0.3) is 5.78 Å². The molecule has 1 atom stereocenters. The molecule has 5 rings (SSSR count). The fourth-order valence-electron chi connectivity index (χ4n) is 3.79. The molecule has 1 amide bonds. The summed E-state index contributed by atoms with van der Waals surface area (Å²) < 4.78 is 0.830. The first-order chi connectivity index (χ1) is 15.8. The molecule has 1 fully saturated rings. The maximum absolute atomic E-state index is 13.2. The molecule has 0 radical (unpaired) electrons. The first kappa shape index (κ1) is 21.6. The lowest BCUT2D eigenvalue weighted by atomic mass is 9.96. The molecule has 0 aliphatic carbocycles. The average Bonchev–Trinajstić information content (AvgIpc) is 3.32. The van der Waals surface area contributed by atoms with Crippen molar-refractivity contribution < 1.29 is 14.7 Å². The second-order valence-electron chi connectivity index (χ2n) is 7.53. The van der Waals surface area contributed by atoms with Crippen LogP contribution in [0.2, 0.25) is 10.0 Å². The van der Waals surface area contributed by atoms with Crippen molar-refractivity contribution in [3.63, 3.8) is 0 Å². The van der Waals surface area contributed by atoms with Crippen molar-refractivity contribution >= 4 is 67.3 Å². The number of halogens is 2. The van der Waals surface area contributed by atoms with Gasteiger partial charge < -0.3 is 5.11 Å². The van der Waals surface area contributed by atoms with E-state index in [0.717, 1.165) is 10.3 Å².